The second-order valence-electron chi connectivity index (χ2n) is 5.94. The van der Waals surface area contributed by atoms with E-state index < -0.39 is 0 Å². The predicted octanol–water partition coefficient (Wildman–Crippen LogP) is 1.58. The summed E-state index contributed by atoms with van der Waals surface area (Å²) in [4.78, 5) is 21.5. The summed E-state index contributed by atoms with van der Waals surface area (Å²) in [6.45, 7) is 5.37. The lowest BCUT2D eigenvalue weighted by Crippen LogP contribution is -2.37. The van der Waals surface area contributed by atoms with Gasteiger partial charge in [0.2, 0.25) is 5.95 Å². The summed E-state index contributed by atoms with van der Waals surface area (Å²) in [5.74, 6) is 1.27. The number of benzene rings is 1. The van der Waals surface area contributed by atoms with Gasteiger partial charge in [-0.3, -0.25) is 14.7 Å². The van der Waals surface area contributed by atoms with E-state index in [1.165, 1.54) is 6.07 Å². The standard InChI is InChI=1S/C18H24N4O3/c1-24-15-5-3-14(4-6-15)16-13-17(23)21-18(20-16)19-7-2-8-22-9-11-25-12-10-22/h3-6,13H,2,7-12H2,1H3,(H2,19,20,21,23). The number of methoxy groups -OCH3 is 1. The molecule has 0 saturated carbocycles. The van der Waals surface area contributed by atoms with Crippen molar-refractivity contribution in [3.63, 3.8) is 0 Å². The van der Waals surface area contributed by atoms with Crippen LogP contribution in [0.2, 0.25) is 0 Å². The molecular weight excluding hydrogens is 320 g/mol. The number of nitrogens with zero attached hydrogens (tertiary/aromatic N) is 2. The molecule has 2 N–H and O–H groups in total. The van der Waals surface area contributed by atoms with Crippen molar-refractivity contribution in [1.82, 2.24) is 14.9 Å². The minimum atomic E-state index is -0.170. The summed E-state index contributed by atoms with van der Waals surface area (Å²) in [5.41, 5.74) is 1.35. The number of aromatic amines is 1. The van der Waals surface area contributed by atoms with Crippen molar-refractivity contribution >= 4 is 5.95 Å². The topological polar surface area (TPSA) is 79.5 Å². The zero-order valence-electron chi connectivity index (χ0n) is 14.5. The van der Waals surface area contributed by atoms with Gasteiger partial charge in [0, 0.05) is 31.3 Å². The third-order valence-electron chi connectivity index (χ3n) is 4.17. The summed E-state index contributed by atoms with van der Waals surface area (Å²) in [7, 11) is 1.62. The maximum Gasteiger partial charge on any atom is 0.252 e. The Labute approximate surface area is 147 Å². The molecule has 1 fully saturated rings. The van der Waals surface area contributed by atoms with Gasteiger partial charge in [0.05, 0.1) is 26.0 Å². The number of aromatic nitrogens is 2. The van der Waals surface area contributed by atoms with E-state index in [0.717, 1.165) is 57.1 Å². The van der Waals surface area contributed by atoms with E-state index in [-0.39, 0.29) is 5.56 Å². The van der Waals surface area contributed by atoms with Gasteiger partial charge in [-0.1, -0.05) is 0 Å². The van der Waals surface area contributed by atoms with Gasteiger partial charge in [0.15, 0.2) is 0 Å². The first kappa shape index (κ1) is 17.4. The minimum Gasteiger partial charge on any atom is -0.497 e. The highest BCUT2D eigenvalue weighted by Crippen LogP contribution is 2.20. The van der Waals surface area contributed by atoms with E-state index in [1.54, 1.807) is 7.11 Å². The molecule has 1 aliphatic heterocycles. The molecule has 1 saturated heterocycles. The average molecular weight is 344 g/mol. The Kier molecular flexibility index (Phi) is 6.03. The van der Waals surface area contributed by atoms with Crippen LogP contribution in [0.15, 0.2) is 35.1 Å². The average Bonchev–Trinajstić information content (AvgIpc) is 2.66. The zero-order chi connectivity index (χ0) is 17.5. The highest BCUT2D eigenvalue weighted by Gasteiger charge is 2.09. The van der Waals surface area contributed by atoms with Crippen LogP contribution < -0.4 is 15.6 Å². The SMILES string of the molecule is COc1ccc(-c2cc(=O)[nH]c(NCCCN3CCOCC3)n2)cc1. The monoisotopic (exact) mass is 344 g/mol. The van der Waals surface area contributed by atoms with E-state index in [0.29, 0.717) is 11.6 Å². The second kappa shape index (κ2) is 8.64. The summed E-state index contributed by atoms with van der Waals surface area (Å²) in [6.07, 6.45) is 0.983. The smallest absolute Gasteiger partial charge is 0.252 e. The van der Waals surface area contributed by atoms with E-state index in [1.807, 2.05) is 24.3 Å². The molecule has 2 aromatic rings. The molecule has 0 unspecified atom stereocenters. The number of rotatable bonds is 7. The van der Waals surface area contributed by atoms with E-state index in [9.17, 15) is 4.79 Å². The first-order valence-electron chi connectivity index (χ1n) is 8.54. The molecule has 1 aromatic heterocycles. The first-order valence-corrected chi connectivity index (χ1v) is 8.54. The Balaban J connectivity index is 1.58. The lowest BCUT2D eigenvalue weighted by molar-refractivity contribution is 0.0378. The van der Waals surface area contributed by atoms with Crippen molar-refractivity contribution in [2.75, 3.05) is 51.8 Å². The third-order valence-corrected chi connectivity index (χ3v) is 4.17. The van der Waals surface area contributed by atoms with Crippen LogP contribution in [0.5, 0.6) is 5.75 Å². The molecule has 0 radical (unpaired) electrons. The second-order valence-corrected chi connectivity index (χ2v) is 5.94. The number of hydrogen-bond donors (Lipinski definition) is 2. The minimum absolute atomic E-state index is 0.170. The molecule has 0 spiro atoms. The maximum absolute atomic E-state index is 11.9. The predicted molar refractivity (Wildman–Crippen MR) is 97.2 cm³/mol. The van der Waals surface area contributed by atoms with Crippen LogP contribution in [0.1, 0.15) is 6.42 Å². The lowest BCUT2D eigenvalue weighted by atomic mass is 10.1. The van der Waals surface area contributed by atoms with Gasteiger partial charge in [-0.25, -0.2) is 4.98 Å². The Bertz CT molecular complexity index is 724. The van der Waals surface area contributed by atoms with Gasteiger partial charge in [-0.2, -0.15) is 0 Å². The number of morpholine rings is 1. The van der Waals surface area contributed by atoms with Crippen LogP contribution in [0.3, 0.4) is 0 Å². The molecule has 3 rings (SSSR count). The molecule has 134 valence electrons. The molecule has 0 atom stereocenters. The molecule has 0 bridgehead atoms. The molecular formula is C18H24N4O3. The van der Waals surface area contributed by atoms with Gasteiger partial charge < -0.3 is 14.8 Å². The quantitative estimate of drug-likeness (QED) is 0.743. The summed E-state index contributed by atoms with van der Waals surface area (Å²) in [6, 6.07) is 8.99. The Morgan fingerprint density at radius 3 is 2.76 bits per heavy atom. The molecule has 0 aliphatic carbocycles. The van der Waals surface area contributed by atoms with Gasteiger partial charge in [0.1, 0.15) is 5.75 Å². The van der Waals surface area contributed by atoms with E-state index in [2.05, 4.69) is 20.2 Å². The Morgan fingerprint density at radius 1 is 1.28 bits per heavy atom. The van der Waals surface area contributed by atoms with Crippen LogP contribution in [-0.4, -0.2) is 61.4 Å². The molecule has 1 aliphatic rings. The number of ether oxygens (including phenoxy) is 2. The molecule has 2 heterocycles. The number of hydrogen-bond acceptors (Lipinski definition) is 6. The van der Waals surface area contributed by atoms with Crippen molar-refractivity contribution in [2.24, 2.45) is 0 Å². The summed E-state index contributed by atoms with van der Waals surface area (Å²) < 4.78 is 10.5. The molecule has 7 heteroatoms. The van der Waals surface area contributed by atoms with Crippen molar-refractivity contribution in [2.45, 2.75) is 6.42 Å². The Morgan fingerprint density at radius 2 is 2.04 bits per heavy atom. The van der Waals surface area contributed by atoms with Gasteiger partial charge in [-0.15, -0.1) is 0 Å². The summed E-state index contributed by atoms with van der Waals surface area (Å²) >= 11 is 0. The lowest BCUT2D eigenvalue weighted by Gasteiger charge is -2.26. The first-order chi connectivity index (χ1) is 12.2. The van der Waals surface area contributed by atoms with Crippen molar-refractivity contribution in [1.29, 1.82) is 0 Å². The molecule has 25 heavy (non-hydrogen) atoms. The fraction of sp³-hybridized carbons (Fsp3) is 0.444. The fourth-order valence-corrected chi connectivity index (χ4v) is 2.79. The van der Waals surface area contributed by atoms with Gasteiger partial charge >= 0.3 is 0 Å². The van der Waals surface area contributed by atoms with Gasteiger partial charge in [-0.05, 0) is 37.2 Å². The number of nitrogens with one attached hydrogen (secondary N) is 2. The van der Waals surface area contributed by atoms with Crippen molar-refractivity contribution in [3.05, 3.63) is 40.7 Å². The maximum atomic E-state index is 11.9. The third kappa shape index (κ3) is 5.04. The Hall–Kier alpha value is -2.38. The largest absolute Gasteiger partial charge is 0.497 e. The number of anilines is 1. The normalized spacial score (nSPS) is 15.1. The van der Waals surface area contributed by atoms with Crippen LogP contribution in [0.4, 0.5) is 5.95 Å². The number of H-pyrrole nitrogens is 1. The van der Waals surface area contributed by atoms with E-state index in [4.69, 9.17) is 9.47 Å². The van der Waals surface area contributed by atoms with E-state index >= 15 is 0 Å². The van der Waals surface area contributed by atoms with Crippen LogP contribution in [0.25, 0.3) is 11.3 Å². The van der Waals surface area contributed by atoms with Crippen LogP contribution in [0, 0.1) is 0 Å². The highest BCUT2D eigenvalue weighted by molar-refractivity contribution is 5.60. The van der Waals surface area contributed by atoms with Gasteiger partial charge in [0.25, 0.3) is 5.56 Å². The molecule has 0 amide bonds. The van der Waals surface area contributed by atoms with Crippen molar-refractivity contribution < 1.29 is 9.47 Å². The van der Waals surface area contributed by atoms with Crippen LogP contribution >= 0.6 is 0 Å². The van der Waals surface area contributed by atoms with Crippen molar-refractivity contribution in [3.8, 4) is 17.0 Å². The molecule has 7 nitrogen and oxygen atoms in total. The molecule has 1 aromatic carbocycles. The fourth-order valence-electron chi connectivity index (χ4n) is 2.79. The highest BCUT2D eigenvalue weighted by atomic mass is 16.5. The summed E-state index contributed by atoms with van der Waals surface area (Å²) in [5, 5.41) is 3.21. The zero-order valence-corrected chi connectivity index (χ0v) is 14.5. The van der Waals surface area contributed by atoms with Crippen LogP contribution in [-0.2, 0) is 4.74 Å².